The summed E-state index contributed by atoms with van der Waals surface area (Å²) in [6, 6.07) is 14.8. The van der Waals surface area contributed by atoms with Crippen LogP contribution >= 0.6 is 11.3 Å². The maximum atomic E-state index is 4.83. The molecule has 27 heavy (non-hydrogen) atoms. The van der Waals surface area contributed by atoms with Gasteiger partial charge in [0.25, 0.3) is 0 Å². The van der Waals surface area contributed by atoms with E-state index in [2.05, 4.69) is 81.9 Å². The summed E-state index contributed by atoms with van der Waals surface area (Å²) in [7, 11) is 0. The molecule has 4 rings (SSSR count). The van der Waals surface area contributed by atoms with Crippen LogP contribution in [0.1, 0.15) is 19.7 Å². The molecule has 0 fully saturated rings. The number of hydrogen-bond acceptors (Lipinski definition) is 5. The fraction of sp³-hybridized carbons (Fsp3) is 0.227. The van der Waals surface area contributed by atoms with Crippen LogP contribution < -0.4 is 4.90 Å². The molecule has 4 aromatic rings. The van der Waals surface area contributed by atoms with Gasteiger partial charge >= 0.3 is 0 Å². The van der Waals surface area contributed by atoms with E-state index >= 15 is 0 Å². The van der Waals surface area contributed by atoms with Crippen molar-refractivity contribution in [3.05, 3.63) is 59.0 Å². The molecule has 3 aromatic heterocycles. The lowest BCUT2D eigenvalue weighted by molar-refractivity contribution is 0.866. The number of aryl methyl sites for hydroxylation is 1. The van der Waals surface area contributed by atoms with Crippen molar-refractivity contribution < 1.29 is 0 Å². The Bertz CT molecular complexity index is 1050. The third-order valence-electron chi connectivity index (χ3n) is 4.76. The van der Waals surface area contributed by atoms with Gasteiger partial charge in [0, 0.05) is 40.7 Å². The molecule has 0 saturated carbocycles. The van der Waals surface area contributed by atoms with Crippen LogP contribution in [0, 0.1) is 6.92 Å². The second kappa shape index (κ2) is 7.45. The number of hydrogen-bond donors (Lipinski definition) is 0. The first kappa shape index (κ1) is 17.6. The third-order valence-corrected chi connectivity index (χ3v) is 5.44. The van der Waals surface area contributed by atoms with Crippen LogP contribution in [0.5, 0.6) is 0 Å². The van der Waals surface area contributed by atoms with Crippen molar-refractivity contribution >= 4 is 28.1 Å². The molecule has 1 aromatic carbocycles. The highest BCUT2D eigenvalue weighted by Crippen LogP contribution is 2.29. The van der Waals surface area contributed by atoms with Crippen molar-refractivity contribution in [2.24, 2.45) is 0 Å². The summed E-state index contributed by atoms with van der Waals surface area (Å²) in [5, 5.41) is 5.17. The Hall–Kier alpha value is -2.79. The number of rotatable bonds is 5. The third kappa shape index (κ3) is 3.43. The van der Waals surface area contributed by atoms with Gasteiger partial charge in [-0.1, -0.05) is 12.1 Å². The minimum atomic E-state index is 0.741. The molecule has 136 valence electrons. The van der Waals surface area contributed by atoms with Gasteiger partial charge in [0.05, 0.1) is 11.4 Å². The molecule has 0 N–H and O–H groups in total. The lowest BCUT2D eigenvalue weighted by atomic mass is 10.1. The molecule has 5 heteroatoms. The molecular weight excluding hydrogens is 352 g/mol. The lowest BCUT2D eigenvalue weighted by Crippen LogP contribution is -2.21. The second-order valence-corrected chi connectivity index (χ2v) is 7.20. The van der Waals surface area contributed by atoms with E-state index in [1.165, 1.54) is 5.69 Å². The zero-order valence-corrected chi connectivity index (χ0v) is 16.6. The average molecular weight is 375 g/mol. The Morgan fingerprint density at radius 3 is 2.30 bits per heavy atom. The molecule has 0 unspecified atom stereocenters. The Morgan fingerprint density at radius 2 is 1.63 bits per heavy atom. The van der Waals surface area contributed by atoms with Gasteiger partial charge in [-0.25, -0.2) is 15.0 Å². The molecule has 0 radical (unpaired) electrons. The van der Waals surface area contributed by atoms with Crippen LogP contribution in [0.2, 0.25) is 0 Å². The number of pyridine rings is 1. The Labute approximate surface area is 163 Å². The molecule has 4 nitrogen and oxygen atoms in total. The molecular formula is C22H22N4S. The summed E-state index contributed by atoms with van der Waals surface area (Å²) in [5.41, 5.74) is 6.09. The van der Waals surface area contributed by atoms with Gasteiger partial charge < -0.3 is 4.90 Å². The second-order valence-electron chi connectivity index (χ2n) is 6.42. The summed E-state index contributed by atoms with van der Waals surface area (Å²) in [5.74, 6) is 0.741. The fourth-order valence-electron chi connectivity index (χ4n) is 3.33. The van der Waals surface area contributed by atoms with Crippen LogP contribution in [0.3, 0.4) is 0 Å². The van der Waals surface area contributed by atoms with Crippen LogP contribution in [0.15, 0.2) is 53.2 Å². The van der Waals surface area contributed by atoms with E-state index in [1.807, 2.05) is 6.92 Å². The van der Waals surface area contributed by atoms with Gasteiger partial charge in [0.15, 0.2) is 5.65 Å². The molecule has 0 aliphatic heterocycles. The summed E-state index contributed by atoms with van der Waals surface area (Å²) < 4.78 is 0. The molecule has 3 heterocycles. The predicted octanol–water partition coefficient (Wildman–Crippen LogP) is 5.57. The number of thiophene rings is 1. The summed E-state index contributed by atoms with van der Waals surface area (Å²) in [6.45, 7) is 8.28. The number of nitrogens with zero attached hydrogens (tertiary/aromatic N) is 4. The van der Waals surface area contributed by atoms with Crippen LogP contribution in [-0.2, 0) is 0 Å². The van der Waals surface area contributed by atoms with Gasteiger partial charge in [-0.2, -0.15) is 11.3 Å². The molecule has 0 atom stereocenters. The topological polar surface area (TPSA) is 41.9 Å². The smallest absolute Gasteiger partial charge is 0.164 e. The summed E-state index contributed by atoms with van der Waals surface area (Å²) >= 11 is 1.67. The van der Waals surface area contributed by atoms with Crippen molar-refractivity contribution in [1.29, 1.82) is 0 Å². The molecule has 0 amide bonds. The van der Waals surface area contributed by atoms with E-state index in [1.54, 1.807) is 11.3 Å². The molecule has 0 bridgehead atoms. The van der Waals surface area contributed by atoms with Gasteiger partial charge in [0.1, 0.15) is 5.82 Å². The van der Waals surface area contributed by atoms with Crippen molar-refractivity contribution in [3.8, 4) is 22.5 Å². The highest BCUT2D eigenvalue weighted by Gasteiger charge is 2.11. The lowest BCUT2D eigenvalue weighted by Gasteiger charge is -2.21. The predicted molar refractivity (Wildman–Crippen MR) is 114 cm³/mol. The number of benzene rings is 1. The monoisotopic (exact) mass is 374 g/mol. The van der Waals surface area contributed by atoms with Crippen LogP contribution in [0.25, 0.3) is 33.5 Å². The Balaban J connectivity index is 1.76. The van der Waals surface area contributed by atoms with Gasteiger partial charge in [-0.05, 0) is 56.5 Å². The minimum absolute atomic E-state index is 0.741. The molecule has 0 aliphatic rings. The van der Waals surface area contributed by atoms with Crippen molar-refractivity contribution in [1.82, 2.24) is 15.0 Å². The van der Waals surface area contributed by atoms with E-state index in [-0.39, 0.29) is 0 Å². The number of aromatic nitrogens is 3. The fourth-order valence-corrected chi connectivity index (χ4v) is 3.97. The Kier molecular flexibility index (Phi) is 4.86. The van der Waals surface area contributed by atoms with Gasteiger partial charge in [-0.15, -0.1) is 0 Å². The maximum Gasteiger partial charge on any atom is 0.164 e. The minimum Gasteiger partial charge on any atom is -0.372 e. The highest BCUT2D eigenvalue weighted by molar-refractivity contribution is 7.08. The SMILES string of the molecule is CCN(CC)c1ccc(-c2ccc3c(-c4ccsc4)nc(C)nc3n2)cc1. The first-order chi connectivity index (χ1) is 13.2. The number of anilines is 1. The molecule has 0 saturated heterocycles. The maximum absolute atomic E-state index is 4.83. The van der Waals surface area contributed by atoms with Gasteiger partial charge in [0.2, 0.25) is 0 Å². The van der Waals surface area contributed by atoms with Crippen LogP contribution in [-0.4, -0.2) is 28.0 Å². The van der Waals surface area contributed by atoms with Gasteiger partial charge in [-0.3, -0.25) is 0 Å². The molecule has 0 spiro atoms. The van der Waals surface area contributed by atoms with Crippen molar-refractivity contribution in [2.45, 2.75) is 20.8 Å². The zero-order valence-electron chi connectivity index (χ0n) is 15.8. The first-order valence-corrected chi connectivity index (χ1v) is 10.2. The van der Waals surface area contributed by atoms with E-state index in [0.717, 1.165) is 52.5 Å². The summed E-state index contributed by atoms with van der Waals surface area (Å²) in [6.07, 6.45) is 0. The zero-order chi connectivity index (χ0) is 18.8. The number of fused-ring (bicyclic) bond motifs is 1. The van der Waals surface area contributed by atoms with E-state index in [9.17, 15) is 0 Å². The highest BCUT2D eigenvalue weighted by atomic mass is 32.1. The Morgan fingerprint density at radius 1 is 0.852 bits per heavy atom. The van der Waals surface area contributed by atoms with Crippen LogP contribution in [0.4, 0.5) is 5.69 Å². The normalized spacial score (nSPS) is 11.1. The molecule has 0 aliphatic carbocycles. The quantitative estimate of drug-likeness (QED) is 0.458. The largest absolute Gasteiger partial charge is 0.372 e. The standard InChI is InChI=1S/C22H22N4S/c1-4-26(5-2)18-8-6-16(7-9-18)20-11-10-19-21(17-12-13-27-14-17)23-15(3)24-22(19)25-20/h6-14H,4-5H2,1-3H3. The van der Waals surface area contributed by atoms with Crippen molar-refractivity contribution in [3.63, 3.8) is 0 Å². The summed E-state index contributed by atoms with van der Waals surface area (Å²) in [4.78, 5) is 16.4. The van der Waals surface area contributed by atoms with E-state index < -0.39 is 0 Å². The first-order valence-electron chi connectivity index (χ1n) is 9.23. The van der Waals surface area contributed by atoms with E-state index in [0.29, 0.717) is 0 Å². The van der Waals surface area contributed by atoms with E-state index in [4.69, 9.17) is 4.98 Å². The van der Waals surface area contributed by atoms with Crippen molar-refractivity contribution in [2.75, 3.05) is 18.0 Å². The average Bonchev–Trinajstić information content (AvgIpc) is 3.23.